The van der Waals surface area contributed by atoms with Crippen molar-refractivity contribution in [2.75, 3.05) is 13.1 Å². The van der Waals surface area contributed by atoms with Gasteiger partial charge in [-0.3, -0.25) is 4.90 Å². The molecular formula is C14H23BrN2O. The molecule has 1 saturated heterocycles. The van der Waals surface area contributed by atoms with Crippen LogP contribution in [0.3, 0.4) is 0 Å². The zero-order chi connectivity index (χ0) is 13.0. The van der Waals surface area contributed by atoms with Crippen molar-refractivity contribution in [2.24, 2.45) is 5.73 Å². The lowest BCUT2D eigenvalue weighted by Gasteiger charge is -2.35. The minimum absolute atomic E-state index is 0.222. The van der Waals surface area contributed by atoms with Gasteiger partial charge in [0.1, 0.15) is 5.76 Å². The molecular weight excluding hydrogens is 292 g/mol. The van der Waals surface area contributed by atoms with E-state index < -0.39 is 0 Å². The molecule has 0 aliphatic carbocycles. The molecule has 3 nitrogen and oxygen atoms in total. The summed E-state index contributed by atoms with van der Waals surface area (Å²) in [5.74, 6) is 0.990. The Morgan fingerprint density at radius 1 is 1.44 bits per heavy atom. The van der Waals surface area contributed by atoms with Crippen LogP contribution in [0.5, 0.6) is 0 Å². The number of nitrogens with zero attached hydrogens (tertiary/aromatic N) is 1. The van der Waals surface area contributed by atoms with Crippen molar-refractivity contribution in [3.8, 4) is 0 Å². The largest absolute Gasteiger partial charge is 0.453 e. The fourth-order valence-corrected chi connectivity index (χ4v) is 3.29. The molecule has 2 rings (SSSR count). The first-order valence-corrected chi connectivity index (χ1v) is 7.76. The van der Waals surface area contributed by atoms with E-state index in [0.717, 1.165) is 17.0 Å². The highest BCUT2D eigenvalue weighted by Crippen LogP contribution is 2.30. The van der Waals surface area contributed by atoms with Crippen LogP contribution in [-0.2, 0) is 0 Å². The Bertz CT molecular complexity index is 366. The van der Waals surface area contributed by atoms with Crippen LogP contribution < -0.4 is 5.73 Å². The van der Waals surface area contributed by atoms with E-state index in [1.807, 2.05) is 12.1 Å². The molecule has 1 aromatic heterocycles. The highest BCUT2D eigenvalue weighted by atomic mass is 79.9. The van der Waals surface area contributed by atoms with Gasteiger partial charge in [-0.1, -0.05) is 19.8 Å². The first-order valence-electron chi connectivity index (χ1n) is 6.97. The Morgan fingerprint density at radius 3 is 2.89 bits per heavy atom. The number of hydrogen-bond acceptors (Lipinski definition) is 3. The third-order valence-electron chi connectivity index (χ3n) is 3.94. The average Bonchev–Trinajstić information content (AvgIpc) is 2.66. The van der Waals surface area contributed by atoms with Gasteiger partial charge in [0.15, 0.2) is 4.67 Å². The van der Waals surface area contributed by atoms with E-state index in [0.29, 0.717) is 12.6 Å². The molecule has 1 aromatic rings. The van der Waals surface area contributed by atoms with E-state index in [1.54, 1.807) is 0 Å². The summed E-state index contributed by atoms with van der Waals surface area (Å²) in [5, 5.41) is 0. The van der Waals surface area contributed by atoms with Crippen LogP contribution in [-0.4, -0.2) is 24.0 Å². The summed E-state index contributed by atoms with van der Waals surface area (Å²) >= 11 is 3.38. The van der Waals surface area contributed by atoms with Crippen LogP contribution in [0.25, 0.3) is 0 Å². The predicted octanol–water partition coefficient (Wildman–Crippen LogP) is 3.70. The molecule has 1 aliphatic heterocycles. The van der Waals surface area contributed by atoms with Crippen molar-refractivity contribution in [3.05, 3.63) is 22.6 Å². The lowest BCUT2D eigenvalue weighted by molar-refractivity contribution is 0.120. The van der Waals surface area contributed by atoms with Gasteiger partial charge in [-0.05, 0) is 53.9 Å². The number of nitrogens with two attached hydrogens (primary N) is 1. The van der Waals surface area contributed by atoms with Crippen LogP contribution in [0.2, 0.25) is 0 Å². The van der Waals surface area contributed by atoms with E-state index in [2.05, 4.69) is 27.8 Å². The smallest absolute Gasteiger partial charge is 0.169 e. The normalized spacial score (nSPS) is 23.8. The summed E-state index contributed by atoms with van der Waals surface area (Å²) in [4.78, 5) is 2.55. The second-order valence-corrected chi connectivity index (χ2v) is 5.82. The fraction of sp³-hybridized carbons (Fsp3) is 0.714. The zero-order valence-electron chi connectivity index (χ0n) is 11.1. The Labute approximate surface area is 118 Å². The summed E-state index contributed by atoms with van der Waals surface area (Å²) in [6.07, 6.45) is 6.43. The SMILES string of the molecule is CCC1CCCCCN1C(CN)c1ccc(Br)o1. The fourth-order valence-electron chi connectivity index (χ4n) is 2.97. The van der Waals surface area contributed by atoms with Crippen LogP contribution in [0.15, 0.2) is 21.2 Å². The monoisotopic (exact) mass is 314 g/mol. The van der Waals surface area contributed by atoms with Gasteiger partial charge in [-0.2, -0.15) is 0 Å². The molecule has 0 aromatic carbocycles. The highest BCUT2D eigenvalue weighted by molar-refractivity contribution is 9.10. The van der Waals surface area contributed by atoms with Gasteiger partial charge < -0.3 is 10.2 Å². The number of furan rings is 1. The van der Waals surface area contributed by atoms with Crippen LogP contribution in [0.4, 0.5) is 0 Å². The molecule has 2 heterocycles. The van der Waals surface area contributed by atoms with Crippen molar-refractivity contribution in [1.29, 1.82) is 0 Å². The lowest BCUT2D eigenvalue weighted by Crippen LogP contribution is -2.40. The van der Waals surface area contributed by atoms with Crippen molar-refractivity contribution in [3.63, 3.8) is 0 Å². The second-order valence-electron chi connectivity index (χ2n) is 5.04. The second kappa shape index (κ2) is 6.73. The molecule has 0 radical (unpaired) electrons. The predicted molar refractivity (Wildman–Crippen MR) is 77.5 cm³/mol. The minimum Gasteiger partial charge on any atom is -0.453 e. The Kier molecular flexibility index (Phi) is 5.27. The molecule has 4 heteroatoms. The Balaban J connectivity index is 2.18. The zero-order valence-corrected chi connectivity index (χ0v) is 12.7. The number of rotatable bonds is 4. The molecule has 18 heavy (non-hydrogen) atoms. The van der Waals surface area contributed by atoms with E-state index in [1.165, 1.54) is 32.1 Å². The standard InChI is InChI=1S/C14H23BrN2O/c1-2-11-6-4-3-5-9-17(11)12(10-16)13-7-8-14(15)18-13/h7-8,11-12H,2-6,9-10,16H2,1H3. The third-order valence-corrected chi connectivity index (χ3v) is 4.37. The number of hydrogen-bond donors (Lipinski definition) is 1. The molecule has 102 valence electrons. The van der Waals surface area contributed by atoms with E-state index in [-0.39, 0.29) is 6.04 Å². The Hall–Kier alpha value is -0.320. The molecule has 1 aliphatic rings. The van der Waals surface area contributed by atoms with Crippen LogP contribution >= 0.6 is 15.9 Å². The molecule has 0 bridgehead atoms. The molecule has 2 unspecified atom stereocenters. The van der Waals surface area contributed by atoms with Gasteiger partial charge in [0, 0.05) is 12.6 Å². The van der Waals surface area contributed by atoms with E-state index in [4.69, 9.17) is 10.2 Å². The average molecular weight is 315 g/mol. The van der Waals surface area contributed by atoms with Gasteiger partial charge in [-0.15, -0.1) is 0 Å². The number of likely N-dealkylation sites (tertiary alicyclic amines) is 1. The van der Waals surface area contributed by atoms with Crippen LogP contribution in [0, 0.1) is 0 Å². The van der Waals surface area contributed by atoms with Gasteiger partial charge in [0.05, 0.1) is 6.04 Å². The molecule has 0 saturated carbocycles. The highest BCUT2D eigenvalue weighted by Gasteiger charge is 2.28. The molecule has 2 atom stereocenters. The maximum atomic E-state index is 6.00. The quantitative estimate of drug-likeness (QED) is 0.921. The molecule has 0 spiro atoms. The summed E-state index contributed by atoms with van der Waals surface area (Å²) in [6, 6.07) is 4.86. The first kappa shape index (κ1) is 14.1. The molecule has 2 N–H and O–H groups in total. The maximum absolute atomic E-state index is 6.00. The van der Waals surface area contributed by atoms with E-state index in [9.17, 15) is 0 Å². The van der Waals surface area contributed by atoms with Gasteiger partial charge in [0.25, 0.3) is 0 Å². The first-order chi connectivity index (χ1) is 8.76. The molecule has 1 fully saturated rings. The third kappa shape index (κ3) is 3.16. The molecule has 0 amide bonds. The summed E-state index contributed by atoms with van der Waals surface area (Å²) in [6.45, 7) is 4.03. The van der Waals surface area contributed by atoms with Gasteiger partial charge >= 0.3 is 0 Å². The van der Waals surface area contributed by atoms with Crippen molar-refractivity contribution in [1.82, 2.24) is 4.90 Å². The van der Waals surface area contributed by atoms with Crippen molar-refractivity contribution >= 4 is 15.9 Å². The van der Waals surface area contributed by atoms with E-state index >= 15 is 0 Å². The number of halogens is 1. The van der Waals surface area contributed by atoms with Gasteiger partial charge in [0.2, 0.25) is 0 Å². The minimum atomic E-state index is 0.222. The maximum Gasteiger partial charge on any atom is 0.169 e. The lowest BCUT2D eigenvalue weighted by atomic mass is 10.0. The van der Waals surface area contributed by atoms with Gasteiger partial charge in [-0.25, -0.2) is 0 Å². The summed E-state index contributed by atoms with van der Waals surface area (Å²) < 4.78 is 6.51. The van der Waals surface area contributed by atoms with Crippen LogP contribution in [0.1, 0.15) is 50.8 Å². The van der Waals surface area contributed by atoms with Crippen molar-refractivity contribution in [2.45, 2.75) is 51.1 Å². The Morgan fingerprint density at radius 2 is 2.28 bits per heavy atom. The topological polar surface area (TPSA) is 42.4 Å². The van der Waals surface area contributed by atoms with Crippen molar-refractivity contribution < 1.29 is 4.42 Å². The summed E-state index contributed by atoms with van der Waals surface area (Å²) in [7, 11) is 0. The summed E-state index contributed by atoms with van der Waals surface area (Å²) in [5.41, 5.74) is 6.00.